The molecule has 0 amide bonds. The van der Waals surface area contributed by atoms with Crippen LogP contribution in [-0.4, -0.2) is 37.4 Å². The van der Waals surface area contributed by atoms with Gasteiger partial charge in [0.1, 0.15) is 5.54 Å². The highest BCUT2D eigenvalue weighted by Gasteiger charge is 2.46. The van der Waals surface area contributed by atoms with E-state index in [-0.39, 0.29) is 12.1 Å². The monoisotopic (exact) mass is 283 g/mol. The maximum Gasteiger partial charge on any atom is 0.326 e. The fraction of sp³-hybridized carbons (Fsp3) is 0.938. The van der Waals surface area contributed by atoms with Crippen LogP contribution in [0.15, 0.2) is 0 Å². The minimum absolute atomic E-state index is 0.120. The topological polar surface area (TPSA) is 47.6 Å². The average Bonchev–Trinajstić information content (AvgIpc) is 2.84. The third-order valence-corrected chi connectivity index (χ3v) is 4.89. The molecule has 0 radical (unpaired) electrons. The van der Waals surface area contributed by atoms with Gasteiger partial charge < -0.3 is 14.8 Å². The van der Waals surface area contributed by atoms with Crippen molar-refractivity contribution >= 4 is 5.97 Å². The first kappa shape index (κ1) is 15.8. The Labute approximate surface area is 122 Å². The van der Waals surface area contributed by atoms with E-state index in [1.807, 2.05) is 14.0 Å². The predicted octanol–water partition coefficient (Wildman–Crippen LogP) is 2.66. The lowest BCUT2D eigenvalue weighted by Gasteiger charge is -2.30. The van der Waals surface area contributed by atoms with Crippen molar-refractivity contribution in [3.05, 3.63) is 0 Å². The fourth-order valence-corrected chi connectivity index (χ4v) is 3.67. The second-order valence-electron chi connectivity index (χ2n) is 6.45. The molecule has 2 rings (SSSR count). The predicted molar refractivity (Wildman–Crippen MR) is 78.6 cm³/mol. The first-order valence-electron chi connectivity index (χ1n) is 8.11. The molecule has 4 atom stereocenters. The van der Waals surface area contributed by atoms with Gasteiger partial charge in [-0.3, -0.25) is 4.79 Å². The highest BCUT2D eigenvalue weighted by atomic mass is 16.5. The molecule has 4 heteroatoms. The van der Waals surface area contributed by atoms with Crippen LogP contribution in [-0.2, 0) is 14.3 Å². The summed E-state index contributed by atoms with van der Waals surface area (Å²) >= 11 is 0. The minimum Gasteiger partial charge on any atom is -0.465 e. The molecule has 0 spiro atoms. The quantitative estimate of drug-likeness (QED) is 0.788. The maximum atomic E-state index is 12.1. The Bertz CT molecular complexity index is 334. The number of carbonyl (C=O) groups is 1. The lowest BCUT2D eigenvalue weighted by atomic mass is 9.88. The summed E-state index contributed by atoms with van der Waals surface area (Å²) in [5.41, 5.74) is -0.527. The number of nitrogens with one attached hydrogen (secondary N) is 1. The van der Waals surface area contributed by atoms with Crippen molar-refractivity contribution in [2.24, 2.45) is 5.92 Å². The van der Waals surface area contributed by atoms with Crippen LogP contribution in [0.3, 0.4) is 0 Å². The number of esters is 1. The number of ether oxygens (including phenoxy) is 2. The van der Waals surface area contributed by atoms with Crippen LogP contribution in [0.25, 0.3) is 0 Å². The maximum absolute atomic E-state index is 12.1. The fourth-order valence-electron chi connectivity index (χ4n) is 3.67. The summed E-state index contributed by atoms with van der Waals surface area (Å²) in [6.07, 6.45) is 8.03. The molecule has 2 aliphatic rings. The van der Waals surface area contributed by atoms with Crippen LogP contribution in [0.4, 0.5) is 0 Å². The Morgan fingerprint density at radius 1 is 1.30 bits per heavy atom. The molecule has 0 aromatic carbocycles. The van der Waals surface area contributed by atoms with Crippen LogP contribution in [0.5, 0.6) is 0 Å². The van der Waals surface area contributed by atoms with Gasteiger partial charge in [-0.1, -0.05) is 19.8 Å². The Hall–Kier alpha value is -0.610. The Kier molecular flexibility index (Phi) is 5.44. The standard InChI is InChI=1S/C16H29NO3/c1-4-19-15(18)16(17-3)9-8-14(11-16)20-13-7-5-6-12(2)10-13/h12-14,17H,4-11H2,1-3H3. The largest absolute Gasteiger partial charge is 0.465 e. The van der Waals surface area contributed by atoms with E-state index in [9.17, 15) is 4.79 Å². The van der Waals surface area contributed by atoms with Gasteiger partial charge in [0.15, 0.2) is 0 Å². The van der Waals surface area contributed by atoms with Gasteiger partial charge in [-0.15, -0.1) is 0 Å². The zero-order chi connectivity index (χ0) is 14.6. The smallest absolute Gasteiger partial charge is 0.326 e. The van der Waals surface area contributed by atoms with E-state index in [1.165, 1.54) is 25.7 Å². The van der Waals surface area contributed by atoms with Gasteiger partial charge in [0.25, 0.3) is 0 Å². The van der Waals surface area contributed by atoms with Gasteiger partial charge in [0, 0.05) is 6.42 Å². The number of rotatable bonds is 5. The Morgan fingerprint density at radius 3 is 2.75 bits per heavy atom. The van der Waals surface area contributed by atoms with E-state index in [0.29, 0.717) is 12.7 Å². The van der Waals surface area contributed by atoms with Crippen LogP contribution < -0.4 is 5.32 Å². The molecule has 0 saturated heterocycles. The number of likely N-dealkylation sites (N-methyl/N-ethyl adjacent to an activating group) is 1. The summed E-state index contributed by atoms with van der Waals surface area (Å²) in [5.74, 6) is 0.653. The Morgan fingerprint density at radius 2 is 2.10 bits per heavy atom. The van der Waals surface area contributed by atoms with Crippen LogP contribution in [0, 0.1) is 5.92 Å². The van der Waals surface area contributed by atoms with Crippen molar-refractivity contribution in [1.82, 2.24) is 5.32 Å². The molecule has 2 aliphatic carbocycles. The average molecular weight is 283 g/mol. The molecule has 0 aromatic rings. The summed E-state index contributed by atoms with van der Waals surface area (Å²) in [4.78, 5) is 12.1. The van der Waals surface area contributed by atoms with Crippen molar-refractivity contribution in [2.45, 2.75) is 76.5 Å². The second kappa shape index (κ2) is 6.90. The molecule has 2 fully saturated rings. The van der Waals surface area contributed by atoms with E-state index < -0.39 is 5.54 Å². The molecule has 0 aliphatic heterocycles. The van der Waals surface area contributed by atoms with Gasteiger partial charge in [-0.2, -0.15) is 0 Å². The van der Waals surface area contributed by atoms with Gasteiger partial charge in [-0.05, 0) is 45.6 Å². The number of carbonyl (C=O) groups excluding carboxylic acids is 1. The molecule has 0 aromatic heterocycles. The molecule has 20 heavy (non-hydrogen) atoms. The molecule has 4 unspecified atom stereocenters. The van der Waals surface area contributed by atoms with Crippen molar-refractivity contribution in [3.63, 3.8) is 0 Å². The first-order chi connectivity index (χ1) is 9.59. The molecule has 116 valence electrons. The van der Waals surface area contributed by atoms with Gasteiger partial charge >= 0.3 is 5.97 Å². The van der Waals surface area contributed by atoms with Crippen LogP contribution in [0.1, 0.15) is 58.8 Å². The molecule has 0 heterocycles. The normalized spacial score (nSPS) is 37.9. The van der Waals surface area contributed by atoms with E-state index in [2.05, 4.69) is 12.2 Å². The van der Waals surface area contributed by atoms with Gasteiger partial charge in [0.2, 0.25) is 0 Å². The summed E-state index contributed by atoms with van der Waals surface area (Å²) in [6.45, 7) is 4.60. The summed E-state index contributed by atoms with van der Waals surface area (Å²) in [7, 11) is 1.85. The van der Waals surface area contributed by atoms with Crippen LogP contribution in [0.2, 0.25) is 0 Å². The van der Waals surface area contributed by atoms with E-state index in [0.717, 1.165) is 25.2 Å². The van der Waals surface area contributed by atoms with Crippen LogP contribution >= 0.6 is 0 Å². The highest BCUT2D eigenvalue weighted by molar-refractivity contribution is 5.81. The third-order valence-electron chi connectivity index (χ3n) is 4.89. The van der Waals surface area contributed by atoms with Crippen molar-refractivity contribution in [2.75, 3.05) is 13.7 Å². The number of hydrogen-bond acceptors (Lipinski definition) is 4. The van der Waals surface area contributed by atoms with Crippen molar-refractivity contribution < 1.29 is 14.3 Å². The molecular formula is C16H29NO3. The zero-order valence-corrected chi connectivity index (χ0v) is 13.1. The van der Waals surface area contributed by atoms with Gasteiger partial charge in [-0.25, -0.2) is 0 Å². The summed E-state index contributed by atoms with van der Waals surface area (Å²) < 4.78 is 11.5. The Balaban J connectivity index is 1.88. The second-order valence-corrected chi connectivity index (χ2v) is 6.45. The molecule has 1 N–H and O–H groups in total. The molecule has 2 saturated carbocycles. The van der Waals surface area contributed by atoms with Gasteiger partial charge in [0.05, 0.1) is 18.8 Å². The van der Waals surface area contributed by atoms with E-state index in [4.69, 9.17) is 9.47 Å². The molecular weight excluding hydrogens is 254 g/mol. The lowest BCUT2D eigenvalue weighted by molar-refractivity contribution is -0.151. The van der Waals surface area contributed by atoms with Crippen molar-refractivity contribution in [1.29, 1.82) is 0 Å². The number of hydrogen-bond donors (Lipinski definition) is 1. The summed E-state index contributed by atoms with van der Waals surface area (Å²) in [6, 6.07) is 0. The third kappa shape index (κ3) is 3.53. The van der Waals surface area contributed by atoms with E-state index in [1.54, 1.807) is 0 Å². The minimum atomic E-state index is -0.527. The SMILES string of the molecule is CCOC(=O)C1(NC)CCC(OC2CCCC(C)C2)C1. The molecule has 4 nitrogen and oxygen atoms in total. The summed E-state index contributed by atoms with van der Waals surface area (Å²) in [5, 5.41) is 3.18. The van der Waals surface area contributed by atoms with E-state index >= 15 is 0 Å². The van der Waals surface area contributed by atoms with Crippen molar-refractivity contribution in [3.8, 4) is 0 Å². The first-order valence-corrected chi connectivity index (χ1v) is 8.11. The zero-order valence-electron chi connectivity index (χ0n) is 13.1. The lowest BCUT2D eigenvalue weighted by Crippen LogP contribution is -2.49. The molecule has 0 bridgehead atoms. The highest BCUT2D eigenvalue weighted by Crippen LogP contribution is 2.36.